The van der Waals surface area contributed by atoms with Gasteiger partial charge in [-0.2, -0.15) is 0 Å². The van der Waals surface area contributed by atoms with Crippen molar-refractivity contribution in [1.29, 1.82) is 0 Å². The first kappa shape index (κ1) is 171. The van der Waals surface area contributed by atoms with Gasteiger partial charge in [-0.25, -0.2) is 0 Å². The summed E-state index contributed by atoms with van der Waals surface area (Å²) in [6, 6.07) is 0. The highest BCUT2D eigenvalue weighted by Crippen LogP contribution is 1.56. The largest absolute Gasteiger partial charge is 0.0776 e. The number of hydrogen-bond donors (Lipinski definition) is 0. The Morgan fingerprint density at radius 2 is 0.263 bits per heavy atom. The van der Waals surface area contributed by atoms with E-state index in [9.17, 15) is 0 Å². The molecule has 0 radical (unpaired) electrons. The second-order valence-corrected chi connectivity index (χ2v) is 2.12. The van der Waals surface area contributed by atoms with E-state index in [-0.39, 0.29) is 74.3 Å². The lowest BCUT2D eigenvalue weighted by atomic mass is 10.6. The van der Waals surface area contributed by atoms with Gasteiger partial charge in [0, 0.05) is 0 Å². The van der Waals surface area contributed by atoms with E-state index in [1.807, 2.05) is 0 Å². The van der Waals surface area contributed by atoms with Crippen molar-refractivity contribution in [2.75, 3.05) is 0 Å². The van der Waals surface area contributed by atoms with Crippen LogP contribution in [-0.4, -0.2) is 0 Å². The maximum Gasteiger partial charge on any atom is -0.0590 e. The molecule has 0 aromatic rings. The first-order chi connectivity index (χ1) is 4.24. The van der Waals surface area contributed by atoms with E-state index in [1.165, 1.54) is 19.3 Å². The van der Waals surface area contributed by atoms with Crippen molar-refractivity contribution in [3.8, 4) is 0 Å². The maximum atomic E-state index is 2.12. The molecule has 0 saturated heterocycles. The molecule has 0 aliphatic heterocycles. The molecule has 0 saturated carbocycles. The zero-order chi connectivity index (χ0) is 8.12. The molecule has 0 heterocycles. The normalized spacial score (nSPS) is 2.84. The Labute approximate surface area is 135 Å². The summed E-state index contributed by atoms with van der Waals surface area (Å²) in [5, 5.41) is 0. The van der Waals surface area contributed by atoms with Crippen LogP contribution in [0, 0.1) is 0 Å². The average molecular weight is 293 g/mol. The van der Waals surface area contributed by atoms with E-state index in [1.54, 1.807) is 0 Å². The van der Waals surface area contributed by atoms with E-state index in [2.05, 4.69) is 41.5 Å². The molecule has 0 aliphatic carbocycles. The third kappa shape index (κ3) is 0. The molecule has 0 atom stereocenters. The molecule has 0 rings (SSSR count). The summed E-state index contributed by atoms with van der Waals surface area (Å²) in [5.41, 5.74) is 0. The first-order valence-corrected chi connectivity index (χ1v) is 4.24. The molecule has 0 bridgehead atoms. The minimum atomic E-state index is 0. The van der Waals surface area contributed by atoms with Gasteiger partial charge in [0.1, 0.15) is 0 Å². The van der Waals surface area contributed by atoms with Crippen molar-refractivity contribution >= 4 is 0 Å². The van der Waals surface area contributed by atoms with Gasteiger partial charge in [-0.05, 0) is 0 Å². The third-order valence-electron chi connectivity index (χ3n) is 0. The lowest BCUT2D eigenvalue weighted by Gasteiger charge is -1.48. The molecule has 0 aliphatic rings. The summed E-state index contributed by atoms with van der Waals surface area (Å²) < 4.78 is 0. The van der Waals surface area contributed by atoms with Crippen LogP contribution < -0.4 is 0 Å². The molecule has 0 amide bonds. The zero-order valence-corrected chi connectivity index (χ0v) is 8.12. The van der Waals surface area contributed by atoms with Crippen molar-refractivity contribution in [3.05, 3.63) is 0 Å². The summed E-state index contributed by atoms with van der Waals surface area (Å²) in [4.78, 5) is 0. The molecule has 0 spiro atoms. The summed E-state index contributed by atoms with van der Waals surface area (Å²) in [6.45, 7) is 12.8. The summed E-state index contributed by atoms with van der Waals surface area (Å²) in [6.07, 6.45) is 3.75. The van der Waals surface area contributed by atoms with Gasteiger partial charge in [0.05, 0.1) is 0 Å². The van der Waals surface area contributed by atoms with Crippen LogP contribution in [-0.2, 0) is 0 Å². The van der Waals surface area contributed by atoms with Gasteiger partial charge in [-0.15, -0.1) is 0 Å². The van der Waals surface area contributed by atoms with E-state index < -0.39 is 0 Å². The highest BCUT2D eigenvalue weighted by atomic mass is 13.4. The summed E-state index contributed by atoms with van der Waals surface area (Å²) in [7, 11) is 0. The molecule has 140 valence electrons. The third-order valence-corrected chi connectivity index (χ3v) is 0. The number of rotatable bonds is 0. The molecule has 0 unspecified atom stereocenters. The minimum absolute atomic E-state index is 0. The van der Waals surface area contributed by atoms with Crippen LogP contribution in [0.4, 0.5) is 0 Å². The fraction of sp³-hybridized carbons (Fsp3) is 1.00. The molecular weight excluding hydrogens is 228 g/mol. The van der Waals surface area contributed by atoms with Gasteiger partial charge in [0.25, 0.3) is 0 Å². The Balaban J connectivity index is -0.00000000205. The van der Waals surface area contributed by atoms with Crippen molar-refractivity contribution in [2.45, 2.75) is 135 Å². The Kier molecular flexibility index (Phi) is 5200. The Bertz CT molecular complexity index is 4.75. The van der Waals surface area contributed by atoms with E-state index >= 15 is 0 Å². The quantitative estimate of drug-likeness (QED) is 0.416. The van der Waals surface area contributed by atoms with Gasteiger partial charge in [-0.3, -0.25) is 0 Å². The van der Waals surface area contributed by atoms with Gasteiger partial charge in [0.15, 0.2) is 0 Å². The Hall–Kier alpha value is 0. The lowest BCUT2D eigenvalue weighted by Crippen LogP contribution is -1.27. The van der Waals surface area contributed by atoms with E-state index in [0.717, 1.165) is 0 Å². The molecule has 0 fully saturated rings. The predicted octanol–water partition coefficient (Wildman–Crippen LogP) is 10.6. The second-order valence-electron chi connectivity index (χ2n) is 2.12. The smallest absolute Gasteiger partial charge is 0.0590 e. The Morgan fingerprint density at radius 1 is 0.263 bits per heavy atom. The summed E-state index contributed by atoms with van der Waals surface area (Å²) in [5.74, 6) is 0. The van der Waals surface area contributed by atoms with E-state index in [4.69, 9.17) is 0 Å². The lowest BCUT2D eigenvalue weighted by molar-refractivity contribution is 1.09. The van der Waals surface area contributed by atoms with Crippen LogP contribution in [0.3, 0.4) is 0 Å². The van der Waals surface area contributed by atoms with E-state index in [0.29, 0.717) is 0 Å². The molecule has 0 aromatic carbocycles. The van der Waals surface area contributed by atoms with Crippen molar-refractivity contribution < 1.29 is 0 Å². The molecule has 0 aromatic heterocycles. The van der Waals surface area contributed by atoms with Crippen LogP contribution in [0.15, 0.2) is 0 Å². The van der Waals surface area contributed by atoms with Crippen LogP contribution in [0.25, 0.3) is 0 Å². The topological polar surface area (TPSA) is 0 Å². The van der Waals surface area contributed by atoms with Crippen molar-refractivity contribution in [1.82, 2.24) is 0 Å². The monoisotopic (exact) mass is 293 g/mol. The molecular formula is C19H64. The molecule has 0 heteroatoms. The van der Waals surface area contributed by atoms with Crippen LogP contribution >= 0.6 is 0 Å². The highest BCUT2D eigenvalue weighted by molar-refractivity contribution is 3.92. The fourth-order valence-electron chi connectivity index (χ4n) is 0. The van der Waals surface area contributed by atoms with Crippen LogP contribution in [0.5, 0.6) is 0 Å². The number of hydrogen-bond acceptors (Lipinski definition) is 0. The highest BCUT2D eigenvalue weighted by Gasteiger charge is 1.36. The van der Waals surface area contributed by atoms with Crippen molar-refractivity contribution in [3.63, 3.8) is 0 Å². The van der Waals surface area contributed by atoms with Crippen LogP contribution in [0.1, 0.15) is 135 Å². The molecule has 0 N–H and O–H groups in total. The maximum absolute atomic E-state index is 2.12. The second kappa shape index (κ2) is 578. The standard InChI is InChI=1S/3C3H8.10CH4/c3*1-3-2;;;;;;;;;;/h3*3H2,1-2H3;10*1H4. The van der Waals surface area contributed by atoms with Crippen LogP contribution in [0.2, 0.25) is 0 Å². The SMILES string of the molecule is C.C.C.C.C.C.C.C.C.C.CCC.CCC.CCC. The molecule has 19 heavy (non-hydrogen) atoms. The first-order valence-electron chi connectivity index (χ1n) is 4.24. The minimum Gasteiger partial charge on any atom is -0.0776 e. The Morgan fingerprint density at radius 3 is 0.263 bits per heavy atom. The zero-order valence-electron chi connectivity index (χ0n) is 8.12. The van der Waals surface area contributed by atoms with Gasteiger partial charge in [-0.1, -0.05) is 135 Å². The van der Waals surface area contributed by atoms with Gasteiger partial charge < -0.3 is 0 Å². The average Bonchev–Trinajstić information content (AvgIpc) is 1.70. The van der Waals surface area contributed by atoms with Crippen molar-refractivity contribution in [2.24, 2.45) is 0 Å². The molecule has 0 nitrogen and oxygen atoms in total. The summed E-state index contributed by atoms with van der Waals surface area (Å²) >= 11 is 0. The van der Waals surface area contributed by atoms with Gasteiger partial charge >= 0.3 is 0 Å². The van der Waals surface area contributed by atoms with Gasteiger partial charge in [0.2, 0.25) is 0 Å². The fourth-order valence-corrected chi connectivity index (χ4v) is 0. The predicted molar refractivity (Wildman–Crippen MR) is 115 cm³/mol.